The lowest BCUT2D eigenvalue weighted by molar-refractivity contribution is 0.469. The van der Waals surface area contributed by atoms with Crippen LogP contribution in [0.25, 0.3) is 76.0 Å². The highest BCUT2D eigenvalue weighted by Gasteiger charge is 2.47. The molecule has 5 aromatic carbocycles. The highest BCUT2D eigenvalue weighted by atomic mass is 32.1. The van der Waals surface area contributed by atoms with Crippen molar-refractivity contribution in [2.45, 2.75) is 105 Å². The predicted octanol–water partition coefficient (Wildman–Crippen LogP) is 17.0. The fraction of sp³-hybridized carbons (Fsp3) is 0.310. The van der Waals surface area contributed by atoms with Crippen LogP contribution in [0, 0.1) is 37.3 Å². The van der Waals surface area contributed by atoms with E-state index in [1.807, 2.05) is 11.3 Å². The topological polar surface area (TPSA) is 25.8 Å². The van der Waals surface area contributed by atoms with Gasteiger partial charge in [0, 0.05) is 41.8 Å². The van der Waals surface area contributed by atoms with Gasteiger partial charge in [0.25, 0.3) is 0 Å². The number of aryl methyl sites for hydroxylation is 2. The Labute approximate surface area is 393 Å². The summed E-state index contributed by atoms with van der Waals surface area (Å²) in [5.74, 6) is 0.810. The Hall–Kier alpha value is -5.08. The van der Waals surface area contributed by atoms with Gasteiger partial charge in [-0.1, -0.05) is 133 Å². The summed E-state index contributed by atoms with van der Waals surface area (Å²) in [6.45, 7) is 14.0. The molecule has 0 saturated carbocycles. The fourth-order valence-electron chi connectivity index (χ4n) is 10.5. The van der Waals surface area contributed by atoms with Crippen molar-refractivity contribution in [3.05, 3.63) is 143 Å². The van der Waals surface area contributed by atoms with Gasteiger partial charge in [-0.25, -0.2) is 18.7 Å². The average Bonchev–Trinajstić information content (AvgIpc) is 4.06. The van der Waals surface area contributed by atoms with Crippen molar-refractivity contribution < 1.29 is 8.78 Å². The van der Waals surface area contributed by atoms with E-state index in [0.29, 0.717) is 11.4 Å². The molecule has 0 aliphatic carbocycles. The SMILES string of the molecule is CCCCC(CC)C[Si]1(CC(CC)CCCC)c2cc(C)ccc2-c2ccc(-c3ccc(-c4ccc(-c5ccc(C)s5)c5nc(-c6ccc(F)cc6)c(-c6ccc(F)cc6)nc45)s3)cc21. The minimum Gasteiger partial charge on any atom is -0.243 e. The van der Waals surface area contributed by atoms with E-state index in [9.17, 15) is 8.78 Å². The van der Waals surface area contributed by atoms with E-state index in [4.69, 9.17) is 9.97 Å². The van der Waals surface area contributed by atoms with Gasteiger partial charge in [0.1, 0.15) is 19.7 Å². The predicted molar refractivity (Wildman–Crippen MR) is 279 cm³/mol. The van der Waals surface area contributed by atoms with E-state index < -0.39 is 8.07 Å². The molecule has 332 valence electrons. The van der Waals surface area contributed by atoms with E-state index in [0.717, 1.165) is 54.9 Å². The van der Waals surface area contributed by atoms with Gasteiger partial charge in [-0.3, -0.25) is 0 Å². The molecule has 0 N–H and O–H groups in total. The molecule has 0 bridgehead atoms. The first-order valence-corrected chi connectivity index (χ1v) is 28.0. The van der Waals surface area contributed by atoms with Crippen LogP contribution in [0.15, 0.2) is 121 Å². The van der Waals surface area contributed by atoms with Gasteiger partial charge in [0.05, 0.1) is 22.4 Å². The zero-order chi connectivity index (χ0) is 45.2. The summed E-state index contributed by atoms with van der Waals surface area (Å²) in [6.07, 6.45) is 10.2. The third-order valence-corrected chi connectivity index (χ3v) is 21.7. The number of aromatic nitrogens is 2. The normalized spacial score (nSPS) is 15.3. The molecule has 2 unspecified atom stereocenters. The summed E-state index contributed by atoms with van der Waals surface area (Å²) in [5.41, 5.74) is 11.9. The van der Waals surface area contributed by atoms with Crippen LogP contribution in [0.3, 0.4) is 0 Å². The molecule has 0 saturated heterocycles. The quantitative estimate of drug-likeness (QED) is 0.0851. The Balaban J connectivity index is 1.21. The minimum atomic E-state index is -2.20. The van der Waals surface area contributed by atoms with Crippen LogP contribution in [-0.4, -0.2) is 18.0 Å². The molecule has 1 aliphatic rings. The molecule has 4 heterocycles. The number of rotatable bonds is 17. The van der Waals surface area contributed by atoms with Crippen LogP contribution in [0.4, 0.5) is 8.78 Å². The van der Waals surface area contributed by atoms with Crippen LogP contribution in [0.1, 0.15) is 89.5 Å². The molecule has 3 aromatic heterocycles. The van der Waals surface area contributed by atoms with Crippen LogP contribution in [0.2, 0.25) is 12.1 Å². The zero-order valence-electron chi connectivity index (χ0n) is 38.7. The zero-order valence-corrected chi connectivity index (χ0v) is 41.4. The van der Waals surface area contributed by atoms with Crippen molar-refractivity contribution in [1.82, 2.24) is 9.97 Å². The van der Waals surface area contributed by atoms with Gasteiger partial charge in [0.2, 0.25) is 0 Å². The van der Waals surface area contributed by atoms with Crippen LogP contribution in [-0.2, 0) is 0 Å². The lowest BCUT2D eigenvalue weighted by Gasteiger charge is -2.37. The maximum absolute atomic E-state index is 14.4. The number of thiophene rings is 2. The third kappa shape index (κ3) is 8.96. The lowest BCUT2D eigenvalue weighted by Crippen LogP contribution is -2.57. The first-order chi connectivity index (χ1) is 31.6. The van der Waals surface area contributed by atoms with Gasteiger partial charge in [-0.2, -0.15) is 0 Å². The first-order valence-electron chi connectivity index (χ1n) is 23.9. The largest absolute Gasteiger partial charge is 0.243 e. The molecule has 7 heteroatoms. The van der Waals surface area contributed by atoms with Crippen molar-refractivity contribution in [3.63, 3.8) is 0 Å². The molecule has 2 atom stereocenters. The average molecular weight is 915 g/mol. The van der Waals surface area contributed by atoms with Crippen LogP contribution in [0.5, 0.6) is 0 Å². The van der Waals surface area contributed by atoms with Crippen molar-refractivity contribution in [2.24, 2.45) is 11.8 Å². The van der Waals surface area contributed by atoms with E-state index in [1.54, 1.807) is 46.0 Å². The molecular weight excluding hydrogens is 855 g/mol. The monoisotopic (exact) mass is 914 g/mol. The molecule has 1 aliphatic heterocycles. The number of nitrogens with zero attached hydrogens (tertiary/aromatic N) is 2. The highest BCUT2D eigenvalue weighted by Crippen LogP contribution is 2.45. The van der Waals surface area contributed by atoms with Gasteiger partial charge < -0.3 is 0 Å². The number of benzene rings is 5. The molecule has 0 radical (unpaired) electrons. The lowest BCUT2D eigenvalue weighted by atomic mass is 10.0. The second-order valence-electron chi connectivity index (χ2n) is 18.5. The van der Waals surface area contributed by atoms with Crippen molar-refractivity contribution in [3.8, 4) is 65.0 Å². The fourth-order valence-corrected chi connectivity index (χ4v) is 19.1. The van der Waals surface area contributed by atoms with E-state index in [1.165, 1.54) is 120 Å². The number of halogens is 2. The summed E-state index contributed by atoms with van der Waals surface area (Å²) < 4.78 is 28.6. The van der Waals surface area contributed by atoms with Gasteiger partial charge in [-0.15, -0.1) is 22.7 Å². The molecule has 2 nitrogen and oxygen atoms in total. The summed E-state index contributed by atoms with van der Waals surface area (Å²) in [5, 5.41) is 3.34. The van der Waals surface area contributed by atoms with Crippen molar-refractivity contribution in [1.29, 1.82) is 0 Å². The van der Waals surface area contributed by atoms with Crippen LogP contribution >= 0.6 is 22.7 Å². The Morgan fingerprint density at radius 2 is 0.954 bits per heavy atom. The van der Waals surface area contributed by atoms with Crippen molar-refractivity contribution >= 4 is 52.2 Å². The smallest absolute Gasteiger partial charge is 0.123 e. The molecule has 0 fully saturated rings. The maximum Gasteiger partial charge on any atom is 0.123 e. The standard InChI is InChI=1S/C58H60F2N2S2Si/c1-7-11-13-39(9-3)35-65(36-40(10-4)14-12-8-2)53-33-37(5)15-26-46(53)47-27-21-43(34-54(47)65)50-31-32-52(64-50)49-29-28-48(51-30-16-38(6)63-51)57-58(49)62-56(42-19-24-45(60)25-20-42)55(61-57)41-17-22-44(59)23-18-41/h15-34,39-40H,7-14,35-36H2,1-6H3. The van der Waals surface area contributed by atoms with Crippen LogP contribution < -0.4 is 10.4 Å². The Morgan fingerprint density at radius 1 is 0.492 bits per heavy atom. The van der Waals surface area contributed by atoms with E-state index in [-0.39, 0.29) is 11.6 Å². The highest BCUT2D eigenvalue weighted by molar-refractivity contribution is 7.19. The summed E-state index contributed by atoms with van der Waals surface area (Å²) in [4.78, 5) is 15.6. The number of hydrogen-bond donors (Lipinski definition) is 0. The molecule has 0 amide bonds. The Morgan fingerprint density at radius 3 is 1.46 bits per heavy atom. The number of unbranched alkanes of at least 4 members (excludes halogenated alkanes) is 2. The molecule has 0 spiro atoms. The van der Waals surface area contributed by atoms with Gasteiger partial charge in [-0.05, 0) is 138 Å². The maximum atomic E-state index is 14.4. The third-order valence-electron chi connectivity index (χ3n) is 14.1. The Bertz CT molecular complexity index is 2930. The van der Waals surface area contributed by atoms with E-state index in [2.05, 4.69) is 114 Å². The second kappa shape index (κ2) is 19.4. The molecule has 8 aromatic rings. The summed E-state index contributed by atoms with van der Waals surface area (Å²) in [6, 6.07) is 43.5. The summed E-state index contributed by atoms with van der Waals surface area (Å²) >= 11 is 3.55. The second-order valence-corrected chi connectivity index (χ2v) is 24.9. The number of hydrogen-bond acceptors (Lipinski definition) is 4. The van der Waals surface area contributed by atoms with Gasteiger partial charge in [0.15, 0.2) is 0 Å². The van der Waals surface area contributed by atoms with E-state index >= 15 is 0 Å². The van der Waals surface area contributed by atoms with Crippen molar-refractivity contribution in [2.75, 3.05) is 0 Å². The molecule has 65 heavy (non-hydrogen) atoms. The Kier molecular flexibility index (Phi) is 13.5. The molecule has 9 rings (SSSR count). The number of fused-ring (bicyclic) bond motifs is 4. The summed E-state index contributed by atoms with van der Waals surface area (Å²) in [7, 11) is -2.20. The minimum absolute atomic E-state index is 0.318. The first kappa shape index (κ1) is 45.1. The molecular formula is C58H60F2N2S2Si. The van der Waals surface area contributed by atoms with Gasteiger partial charge >= 0.3 is 0 Å².